The van der Waals surface area contributed by atoms with Gasteiger partial charge in [0.2, 0.25) is 5.91 Å². The Morgan fingerprint density at radius 3 is 2.87 bits per heavy atom. The van der Waals surface area contributed by atoms with Gasteiger partial charge in [-0.05, 0) is 36.6 Å². The van der Waals surface area contributed by atoms with Crippen molar-refractivity contribution in [2.24, 2.45) is 0 Å². The van der Waals surface area contributed by atoms with Crippen molar-refractivity contribution < 1.29 is 9.59 Å². The minimum absolute atomic E-state index is 0.165. The number of anilines is 3. The van der Waals surface area contributed by atoms with Crippen molar-refractivity contribution >= 4 is 29.0 Å². The van der Waals surface area contributed by atoms with Crippen LogP contribution in [0, 0.1) is 0 Å². The number of nitrogens with zero attached hydrogens (tertiary/aromatic N) is 2. The minimum atomic E-state index is -0.330. The third-order valence-corrected chi connectivity index (χ3v) is 3.74. The Bertz CT molecular complexity index is 711. The maximum absolute atomic E-state index is 12.0. The number of carbonyl (C=O) groups is 2. The van der Waals surface area contributed by atoms with Crippen LogP contribution < -0.4 is 15.5 Å². The second-order valence-corrected chi connectivity index (χ2v) is 5.45. The van der Waals surface area contributed by atoms with Gasteiger partial charge in [0.1, 0.15) is 0 Å². The van der Waals surface area contributed by atoms with E-state index in [1.165, 1.54) is 6.20 Å². The van der Waals surface area contributed by atoms with Gasteiger partial charge in [-0.3, -0.25) is 9.89 Å². The van der Waals surface area contributed by atoms with Crippen molar-refractivity contribution in [2.75, 3.05) is 22.1 Å². The summed E-state index contributed by atoms with van der Waals surface area (Å²) in [6, 6.07) is 5.31. The Hall–Kier alpha value is -2.83. The van der Waals surface area contributed by atoms with Gasteiger partial charge in [-0.1, -0.05) is 6.92 Å². The Kier molecular flexibility index (Phi) is 4.27. The zero-order valence-corrected chi connectivity index (χ0v) is 12.9. The lowest BCUT2D eigenvalue weighted by atomic mass is 10.00. The predicted octanol–water partition coefficient (Wildman–Crippen LogP) is 2.74. The number of amides is 3. The molecular weight excluding hydrogens is 294 g/mol. The monoisotopic (exact) mass is 313 g/mol. The minimum Gasteiger partial charge on any atom is -0.312 e. The van der Waals surface area contributed by atoms with Gasteiger partial charge >= 0.3 is 6.03 Å². The van der Waals surface area contributed by atoms with Crippen molar-refractivity contribution in [3.63, 3.8) is 0 Å². The lowest BCUT2D eigenvalue weighted by Crippen LogP contribution is -2.35. The molecule has 3 rings (SSSR count). The molecule has 7 heteroatoms. The molecule has 1 aliphatic heterocycles. The van der Waals surface area contributed by atoms with Crippen molar-refractivity contribution in [3.05, 3.63) is 36.2 Å². The van der Waals surface area contributed by atoms with Crippen LogP contribution in [0.5, 0.6) is 0 Å². The average Bonchev–Trinajstić information content (AvgIpc) is 3.03. The standard InChI is InChI=1S/C16H19N5O2/c1-2-7-21-14-5-4-12(8-11(14)3-6-15(21)22)19-16(23)20-13-9-17-18-10-13/h4-5,8-10H,2-3,6-7H2,1H3,(H,17,18)(H2,19,20,23). The molecule has 0 saturated carbocycles. The van der Waals surface area contributed by atoms with E-state index in [2.05, 4.69) is 27.8 Å². The highest BCUT2D eigenvalue weighted by molar-refractivity contribution is 6.01. The number of rotatable bonds is 4. The molecule has 0 spiro atoms. The van der Waals surface area contributed by atoms with E-state index in [0.29, 0.717) is 24.2 Å². The second-order valence-electron chi connectivity index (χ2n) is 5.45. The molecule has 23 heavy (non-hydrogen) atoms. The summed E-state index contributed by atoms with van der Waals surface area (Å²) in [6.45, 7) is 2.78. The summed E-state index contributed by atoms with van der Waals surface area (Å²) in [6.07, 6.45) is 5.25. The van der Waals surface area contributed by atoms with E-state index in [1.807, 2.05) is 23.1 Å². The number of fused-ring (bicyclic) bond motifs is 1. The SMILES string of the molecule is CCCN1C(=O)CCc2cc(NC(=O)Nc3cn[nH]c3)ccc21. The van der Waals surface area contributed by atoms with E-state index in [9.17, 15) is 9.59 Å². The van der Waals surface area contributed by atoms with Gasteiger partial charge in [-0.25, -0.2) is 4.79 Å². The summed E-state index contributed by atoms with van der Waals surface area (Å²) >= 11 is 0. The van der Waals surface area contributed by atoms with Crippen LogP contribution in [0.4, 0.5) is 21.9 Å². The predicted molar refractivity (Wildman–Crippen MR) is 88.6 cm³/mol. The molecule has 0 bridgehead atoms. The first-order valence-corrected chi connectivity index (χ1v) is 7.67. The number of hydrogen-bond acceptors (Lipinski definition) is 3. The summed E-state index contributed by atoms with van der Waals surface area (Å²) in [5.74, 6) is 0.165. The summed E-state index contributed by atoms with van der Waals surface area (Å²) in [5.41, 5.74) is 3.33. The smallest absolute Gasteiger partial charge is 0.312 e. The summed E-state index contributed by atoms with van der Waals surface area (Å²) < 4.78 is 0. The number of urea groups is 1. The fourth-order valence-corrected chi connectivity index (χ4v) is 2.72. The molecule has 0 saturated heterocycles. The molecule has 2 aromatic rings. The Morgan fingerprint density at radius 1 is 1.30 bits per heavy atom. The molecule has 1 aromatic heterocycles. The molecule has 1 aliphatic rings. The van der Waals surface area contributed by atoms with Crippen LogP contribution in [0.2, 0.25) is 0 Å². The first-order valence-electron chi connectivity index (χ1n) is 7.67. The van der Waals surface area contributed by atoms with E-state index >= 15 is 0 Å². The van der Waals surface area contributed by atoms with Crippen molar-refractivity contribution in [1.29, 1.82) is 0 Å². The topological polar surface area (TPSA) is 90.1 Å². The summed E-state index contributed by atoms with van der Waals surface area (Å²) in [4.78, 5) is 25.8. The van der Waals surface area contributed by atoms with Crippen LogP contribution in [-0.4, -0.2) is 28.7 Å². The number of aromatic amines is 1. The largest absolute Gasteiger partial charge is 0.323 e. The van der Waals surface area contributed by atoms with Crippen molar-refractivity contribution in [1.82, 2.24) is 10.2 Å². The molecule has 3 amide bonds. The lowest BCUT2D eigenvalue weighted by molar-refractivity contribution is -0.118. The first-order chi connectivity index (χ1) is 11.2. The van der Waals surface area contributed by atoms with Gasteiger partial charge in [0.05, 0.1) is 11.9 Å². The molecule has 0 unspecified atom stereocenters. The second kappa shape index (κ2) is 6.51. The lowest BCUT2D eigenvalue weighted by Gasteiger charge is -2.29. The van der Waals surface area contributed by atoms with E-state index in [0.717, 1.165) is 24.2 Å². The summed E-state index contributed by atoms with van der Waals surface area (Å²) in [7, 11) is 0. The van der Waals surface area contributed by atoms with Gasteiger partial charge in [0.15, 0.2) is 0 Å². The van der Waals surface area contributed by atoms with E-state index in [4.69, 9.17) is 0 Å². The van der Waals surface area contributed by atoms with Crippen molar-refractivity contribution in [3.8, 4) is 0 Å². The average molecular weight is 313 g/mol. The quantitative estimate of drug-likeness (QED) is 0.810. The number of nitrogens with one attached hydrogen (secondary N) is 3. The zero-order valence-electron chi connectivity index (χ0n) is 12.9. The highest BCUT2D eigenvalue weighted by Gasteiger charge is 2.23. The van der Waals surface area contributed by atoms with Gasteiger partial charge in [0.25, 0.3) is 0 Å². The van der Waals surface area contributed by atoms with Crippen LogP contribution in [0.3, 0.4) is 0 Å². The number of H-pyrrole nitrogens is 1. The van der Waals surface area contributed by atoms with Crippen LogP contribution in [0.15, 0.2) is 30.6 Å². The zero-order chi connectivity index (χ0) is 16.2. The number of aryl methyl sites for hydroxylation is 1. The van der Waals surface area contributed by atoms with Gasteiger partial charge in [0, 0.05) is 30.5 Å². The van der Waals surface area contributed by atoms with Gasteiger partial charge < -0.3 is 15.5 Å². The highest BCUT2D eigenvalue weighted by Crippen LogP contribution is 2.30. The molecule has 0 aliphatic carbocycles. The number of aromatic nitrogens is 2. The molecule has 3 N–H and O–H groups in total. The van der Waals surface area contributed by atoms with Crippen LogP contribution in [0.25, 0.3) is 0 Å². The molecule has 0 fully saturated rings. The van der Waals surface area contributed by atoms with E-state index in [-0.39, 0.29) is 11.9 Å². The fourth-order valence-electron chi connectivity index (χ4n) is 2.72. The third-order valence-electron chi connectivity index (χ3n) is 3.74. The summed E-state index contributed by atoms with van der Waals surface area (Å²) in [5, 5.41) is 11.9. The highest BCUT2D eigenvalue weighted by atomic mass is 16.2. The number of benzene rings is 1. The third kappa shape index (κ3) is 3.33. The first kappa shape index (κ1) is 15.1. The van der Waals surface area contributed by atoms with Crippen LogP contribution in [0.1, 0.15) is 25.3 Å². The van der Waals surface area contributed by atoms with Gasteiger partial charge in [-0.15, -0.1) is 0 Å². The van der Waals surface area contributed by atoms with E-state index < -0.39 is 0 Å². The number of carbonyl (C=O) groups excluding carboxylic acids is 2. The molecule has 2 heterocycles. The number of hydrogen-bond donors (Lipinski definition) is 3. The molecular formula is C16H19N5O2. The molecule has 120 valence electrons. The van der Waals surface area contributed by atoms with Gasteiger partial charge in [-0.2, -0.15) is 5.10 Å². The molecule has 1 aromatic carbocycles. The maximum atomic E-state index is 12.0. The maximum Gasteiger partial charge on any atom is 0.323 e. The Labute approximate surface area is 134 Å². The molecule has 0 radical (unpaired) electrons. The van der Waals surface area contributed by atoms with Crippen LogP contribution in [-0.2, 0) is 11.2 Å². The molecule has 7 nitrogen and oxygen atoms in total. The Morgan fingerprint density at radius 2 is 2.13 bits per heavy atom. The molecule has 0 atom stereocenters. The fraction of sp³-hybridized carbons (Fsp3) is 0.312. The van der Waals surface area contributed by atoms with E-state index in [1.54, 1.807) is 6.20 Å². The van der Waals surface area contributed by atoms with Crippen molar-refractivity contribution in [2.45, 2.75) is 26.2 Å². The Balaban J connectivity index is 1.73. The van der Waals surface area contributed by atoms with Crippen LogP contribution >= 0.6 is 0 Å². The normalized spacial score (nSPS) is 13.6.